The van der Waals surface area contributed by atoms with Gasteiger partial charge in [0.15, 0.2) is 0 Å². The van der Waals surface area contributed by atoms with Crippen molar-refractivity contribution in [1.82, 2.24) is 4.90 Å². The molecule has 1 aromatic carbocycles. The lowest BCUT2D eigenvalue weighted by Crippen LogP contribution is -2.36. The average molecular weight is 274 g/mol. The Morgan fingerprint density at radius 2 is 1.85 bits per heavy atom. The van der Waals surface area contributed by atoms with E-state index in [0.29, 0.717) is 18.5 Å². The molecule has 0 aliphatic heterocycles. The second-order valence-corrected chi connectivity index (χ2v) is 6.83. The molecule has 2 N–H and O–H groups in total. The molecule has 0 radical (unpaired) electrons. The van der Waals surface area contributed by atoms with Gasteiger partial charge in [0.1, 0.15) is 0 Å². The Hall–Kier alpha value is -0.860. The van der Waals surface area contributed by atoms with Gasteiger partial charge in [0, 0.05) is 19.1 Å². The van der Waals surface area contributed by atoms with Crippen molar-refractivity contribution in [1.29, 1.82) is 0 Å². The Kier molecular flexibility index (Phi) is 5.62. The monoisotopic (exact) mass is 274 g/mol. The van der Waals surface area contributed by atoms with E-state index in [0.717, 1.165) is 12.3 Å². The Morgan fingerprint density at radius 3 is 2.30 bits per heavy atom. The fourth-order valence-corrected chi connectivity index (χ4v) is 3.13. The number of likely N-dealkylation sites (N-methyl/N-ethyl adjacent to an activating group) is 1. The molecule has 0 bridgehead atoms. The summed E-state index contributed by atoms with van der Waals surface area (Å²) in [4.78, 5) is 2.45. The van der Waals surface area contributed by atoms with Gasteiger partial charge in [-0.3, -0.25) is 4.90 Å². The molecule has 1 aliphatic rings. The molecule has 1 unspecified atom stereocenters. The predicted octanol–water partition coefficient (Wildman–Crippen LogP) is 3.62. The first-order valence-electron chi connectivity index (χ1n) is 8.09. The molecule has 0 spiro atoms. The molecule has 1 fully saturated rings. The molecule has 0 aromatic heterocycles. The third-order valence-electron chi connectivity index (χ3n) is 4.53. The van der Waals surface area contributed by atoms with Crippen LogP contribution in [0.15, 0.2) is 24.3 Å². The van der Waals surface area contributed by atoms with Crippen molar-refractivity contribution < 1.29 is 0 Å². The topological polar surface area (TPSA) is 29.3 Å². The van der Waals surface area contributed by atoms with E-state index in [-0.39, 0.29) is 0 Å². The van der Waals surface area contributed by atoms with Crippen molar-refractivity contribution in [3.63, 3.8) is 0 Å². The summed E-state index contributed by atoms with van der Waals surface area (Å²) < 4.78 is 0. The van der Waals surface area contributed by atoms with Crippen molar-refractivity contribution in [2.45, 2.75) is 45.6 Å². The maximum Gasteiger partial charge on any atom is 0.0467 e. The quantitative estimate of drug-likeness (QED) is 0.823. The third kappa shape index (κ3) is 4.07. The average Bonchev–Trinajstić information content (AvgIpc) is 2.36. The normalized spacial score (nSPS) is 17.5. The molecule has 2 nitrogen and oxygen atoms in total. The molecule has 20 heavy (non-hydrogen) atoms. The summed E-state index contributed by atoms with van der Waals surface area (Å²) in [5.74, 6) is 1.61. The van der Waals surface area contributed by atoms with E-state index < -0.39 is 0 Å². The van der Waals surface area contributed by atoms with Crippen LogP contribution in [-0.2, 0) is 6.42 Å². The van der Waals surface area contributed by atoms with Gasteiger partial charge >= 0.3 is 0 Å². The fraction of sp³-hybridized carbons (Fsp3) is 0.667. The van der Waals surface area contributed by atoms with E-state index >= 15 is 0 Å². The van der Waals surface area contributed by atoms with Gasteiger partial charge in [-0.25, -0.2) is 0 Å². The lowest BCUT2D eigenvalue weighted by Gasteiger charge is -2.34. The van der Waals surface area contributed by atoms with E-state index in [9.17, 15) is 0 Å². The highest BCUT2D eigenvalue weighted by atomic mass is 15.1. The van der Waals surface area contributed by atoms with E-state index in [1.165, 1.54) is 36.9 Å². The van der Waals surface area contributed by atoms with Crippen LogP contribution in [0.4, 0.5) is 0 Å². The summed E-state index contributed by atoms with van der Waals surface area (Å²) in [7, 11) is 2.22. The lowest BCUT2D eigenvalue weighted by molar-refractivity contribution is 0.165. The van der Waals surface area contributed by atoms with Gasteiger partial charge in [-0.05, 0) is 49.3 Å². The maximum absolute atomic E-state index is 6.02. The summed E-state index contributed by atoms with van der Waals surface area (Å²) in [6.45, 7) is 6.42. The van der Waals surface area contributed by atoms with Gasteiger partial charge in [0.2, 0.25) is 0 Å². The van der Waals surface area contributed by atoms with Crippen molar-refractivity contribution in [2.24, 2.45) is 17.6 Å². The van der Waals surface area contributed by atoms with Crippen LogP contribution in [0.2, 0.25) is 0 Å². The molecular formula is C18H30N2. The Bertz CT molecular complexity index is 392. The summed E-state index contributed by atoms with van der Waals surface area (Å²) in [6, 6.07) is 9.45. The van der Waals surface area contributed by atoms with Gasteiger partial charge in [0.25, 0.3) is 0 Å². The van der Waals surface area contributed by atoms with Crippen molar-refractivity contribution >= 4 is 0 Å². The van der Waals surface area contributed by atoms with Crippen LogP contribution < -0.4 is 5.73 Å². The zero-order chi connectivity index (χ0) is 14.5. The maximum atomic E-state index is 6.02. The van der Waals surface area contributed by atoms with Crippen LogP contribution in [0.5, 0.6) is 0 Å². The Labute approximate surface area is 124 Å². The zero-order valence-corrected chi connectivity index (χ0v) is 13.3. The van der Waals surface area contributed by atoms with Crippen LogP contribution in [0.3, 0.4) is 0 Å². The number of hydrogen-bond acceptors (Lipinski definition) is 2. The molecule has 0 saturated heterocycles. The van der Waals surface area contributed by atoms with Gasteiger partial charge in [-0.15, -0.1) is 0 Å². The van der Waals surface area contributed by atoms with Crippen molar-refractivity contribution in [3.8, 4) is 0 Å². The largest absolute Gasteiger partial charge is 0.329 e. The summed E-state index contributed by atoms with van der Waals surface area (Å²) in [6.07, 6.45) is 5.37. The second kappa shape index (κ2) is 7.24. The first kappa shape index (κ1) is 15.5. The molecule has 2 heteroatoms. The number of hydrogen-bond donors (Lipinski definition) is 1. The Balaban J connectivity index is 1.98. The third-order valence-corrected chi connectivity index (χ3v) is 4.53. The minimum atomic E-state index is 0.365. The van der Waals surface area contributed by atoms with Crippen LogP contribution >= 0.6 is 0 Å². The number of nitrogens with two attached hydrogens (primary N) is 1. The van der Waals surface area contributed by atoms with Crippen LogP contribution in [-0.4, -0.2) is 25.0 Å². The highest BCUT2D eigenvalue weighted by Crippen LogP contribution is 2.29. The molecule has 1 aliphatic carbocycles. The highest BCUT2D eigenvalue weighted by Gasteiger charge is 2.23. The van der Waals surface area contributed by atoms with E-state index in [4.69, 9.17) is 5.73 Å². The molecule has 0 amide bonds. The lowest BCUT2D eigenvalue weighted by atomic mass is 9.84. The molecule has 0 heterocycles. The first-order chi connectivity index (χ1) is 9.60. The molecule has 112 valence electrons. The fourth-order valence-electron chi connectivity index (χ4n) is 3.13. The van der Waals surface area contributed by atoms with Crippen LogP contribution in [0.25, 0.3) is 0 Å². The van der Waals surface area contributed by atoms with Gasteiger partial charge in [-0.1, -0.05) is 44.5 Å². The van der Waals surface area contributed by atoms with E-state index in [1.54, 1.807) is 0 Å². The summed E-state index contributed by atoms with van der Waals surface area (Å²) in [5, 5.41) is 0. The minimum Gasteiger partial charge on any atom is -0.329 e. The summed E-state index contributed by atoms with van der Waals surface area (Å²) in [5.41, 5.74) is 8.81. The molecule has 1 aromatic rings. The van der Waals surface area contributed by atoms with Gasteiger partial charge in [-0.2, -0.15) is 0 Å². The van der Waals surface area contributed by atoms with Gasteiger partial charge < -0.3 is 5.73 Å². The van der Waals surface area contributed by atoms with Crippen LogP contribution in [0, 0.1) is 11.8 Å². The SMILES string of the molecule is CC(C)Cc1ccc(C(CN)N(C)CC2CCC2)cc1. The number of rotatable bonds is 7. The van der Waals surface area contributed by atoms with Gasteiger partial charge in [0.05, 0.1) is 0 Å². The molecule has 2 rings (SSSR count). The highest BCUT2D eigenvalue weighted by molar-refractivity contribution is 5.25. The van der Waals surface area contributed by atoms with E-state index in [2.05, 4.69) is 50.1 Å². The first-order valence-corrected chi connectivity index (χ1v) is 8.09. The molecule has 1 saturated carbocycles. The summed E-state index contributed by atoms with van der Waals surface area (Å²) >= 11 is 0. The zero-order valence-electron chi connectivity index (χ0n) is 13.3. The standard InChI is InChI=1S/C18H30N2/c1-14(2)11-15-7-9-17(10-8-15)18(12-19)20(3)13-16-5-4-6-16/h7-10,14,16,18H,4-6,11-13,19H2,1-3H3. The van der Waals surface area contributed by atoms with Crippen molar-refractivity contribution in [2.75, 3.05) is 20.1 Å². The number of benzene rings is 1. The number of nitrogens with zero attached hydrogens (tertiary/aromatic N) is 1. The van der Waals surface area contributed by atoms with E-state index in [1.807, 2.05) is 0 Å². The smallest absolute Gasteiger partial charge is 0.0467 e. The van der Waals surface area contributed by atoms with Crippen molar-refractivity contribution in [3.05, 3.63) is 35.4 Å². The van der Waals surface area contributed by atoms with Crippen LogP contribution in [0.1, 0.15) is 50.3 Å². The second-order valence-electron chi connectivity index (χ2n) is 6.83. The Morgan fingerprint density at radius 1 is 1.20 bits per heavy atom. The molecular weight excluding hydrogens is 244 g/mol. The predicted molar refractivity (Wildman–Crippen MR) is 86.8 cm³/mol. The molecule has 1 atom stereocenters. The minimum absolute atomic E-state index is 0.365.